The number of anilines is 3. The van der Waals surface area contributed by atoms with Gasteiger partial charge >= 0.3 is 0 Å². The van der Waals surface area contributed by atoms with Crippen molar-refractivity contribution in [3.05, 3.63) is 83.2 Å². The first-order valence-electron chi connectivity index (χ1n) is 10.7. The highest BCUT2D eigenvalue weighted by Crippen LogP contribution is 2.36. The molecule has 3 aromatic carbocycles. The molecule has 3 aromatic rings. The summed E-state index contributed by atoms with van der Waals surface area (Å²) >= 11 is 5.42. The van der Waals surface area contributed by atoms with Crippen molar-refractivity contribution in [1.29, 1.82) is 0 Å². The van der Waals surface area contributed by atoms with E-state index in [1.807, 2.05) is 39.0 Å². The molecule has 0 fully saturated rings. The fourth-order valence-electron chi connectivity index (χ4n) is 4.03. The molecule has 1 atom stereocenters. The number of nitrogens with one attached hydrogen (secondary N) is 2. The summed E-state index contributed by atoms with van der Waals surface area (Å²) in [6.45, 7) is 5.88. The van der Waals surface area contributed by atoms with Crippen LogP contribution in [0.25, 0.3) is 0 Å². The largest absolute Gasteiger partial charge is 0.332 e. The van der Waals surface area contributed by atoms with Gasteiger partial charge in [-0.05, 0) is 111 Å². The van der Waals surface area contributed by atoms with Crippen LogP contribution in [0.2, 0.25) is 0 Å². The number of halogens is 1. The molecule has 1 unspecified atom stereocenters. The van der Waals surface area contributed by atoms with Crippen LogP contribution in [0.1, 0.15) is 30.0 Å². The molecule has 1 heterocycles. The van der Waals surface area contributed by atoms with E-state index in [-0.39, 0.29) is 16.8 Å². The molecule has 1 aliphatic heterocycles. The monoisotopic (exact) mass is 483 g/mol. The van der Waals surface area contributed by atoms with Crippen molar-refractivity contribution in [2.24, 2.45) is 0 Å². The van der Waals surface area contributed by atoms with Crippen LogP contribution in [0.15, 0.2) is 65.6 Å². The number of rotatable bonds is 4. The van der Waals surface area contributed by atoms with Crippen molar-refractivity contribution in [2.45, 2.75) is 44.6 Å². The van der Waals surface area contributed by atoms with E-state index in [0.717, 1.165) is 16.8 Å². The minimum atomic E-state index is -3.81. The minimum Gasteiger partial charge on any atom is -0.332 e. The molecule has 0 amide bonds. The maximum Gasteiger partial charge on any atom is 0.264 e. The molecular weight excluding hydrogens is 457 g/mol. The van der Waals surface area contributed by atoms with Crippen LogP contribution in [0.4, 0.5) is 21.5 Å². The average Bonchev–Trinajstić information content (AvgIpc) is 2.76. The second-order valence-electron chi connectivity index (χ2n) is 8.38. The van der Waals surface area contributed by atoms with Crippen LogP contribution < -0.4 is 14.9 Å². The number of benzene rings is 3. The van der Waals surface area contributed by atoms with Gasteiger partial charge in [0.05, 0.1) is 10.6 Å². The molecule has 2 N–H and O–H groups in total. The molecule has 0 bridgehead atoms. The van der Waals surface area contributed by atoms with E-state index in [9.17, 15) is 12.8 Å². The summed E-state index contributed by atoms with van der Waals surface area (Å²) < 4.78 is 42.0. The zero-order chi connectivity index (χ0) is 23.8. The number of thiocarbonyl (C=S) groups is 1. The third kappa shape index (κ3) is 4.86. The van der Waals surface area contributed by atoms with E-state index in [2.05, 4.69) is 10.6 Å². The molecule has 172 valence electrons. The molecule has 0 saturated carbocycles. The molecule has 8 heteroatoms. The zero-order valence-electron chi connectivity index (χ0n) is 18.7. The van der Waals surface area contributed by atoms with Gasteiger partial charge in [-0.2, -0.15) is 0 Å². The van der Waals surface area contributed by atoms with Crippen molar-refractivity contribution in [1.82, 2.24) is 0 Å². The van der Waals surface area contributed by atoms with Gasteiger partial charge in [0.2, 0.25) is 0 Å². The Bertz CT molecular complexity index is 1310. The molecule has 0 saturated heterocycles. The van der Waals surface area contributed by atoms with Gasteiger partial charge in [0, 0.05) is 17.4 Å². The topological polar surface area (TPSA) is 61.4 Å². The van der Waals surface area contributed by atoms with Gasteiger partial charge in [0.25, 0.3) is 10.0 Å². The normalized spacial score (nSPS) is 15.6. The van der Waals surface area contributed by atoms with Crippen LogP contribution in [-0.4, -0.2) is 19.6 Å². The summed E-state index contributed by atoms with van der Waals surface area (Å²) in [4.78, 5) is 0.172. The first kappa shape index (κ1) is 23.2. The Morgan fingerprint density at radius 3 is 2.48 bits per heavy atom. The summed E-state index contributed by atoms with van der Waals surface area (Å²) in [5.74, 6) is -0.360. The molecule has 5 nitrogen and oxygen atoms in total. The third-order valence-electron chi connectivity index (χ3n) is 5.82. The first-order chi connectivity index (χ1) is 15.6. The van der Waals surface area contributed by atoms with Gasteiger partial charge in [0.1, 0.15) is 5.82 Å². The molecule has 0 spiro atoms. The first-order valence-corrected chi connectivity index (χ1v) is 12.6. The van der Waals surface area contributed by atoms with E-state index < -0.39 is 10.0 Å². The fraction of sp³-hybridized carbons (Fsp3) is 0.240. The highest BCUT2D eigenvalue weighted by Gasteiger charge is 2.34. The Morgan fingerprint density at radius 1 is 1.03 bits per heavy atom. The fourth-order valence-corrected chi connectivity index (χ4v) is 5.98. The Balaban J connectivity index is 1.53. The van der Waals surface area contributed by atoms with E-state index in [1.165, 1.54) is 16.4 Å². The third-order valence-corrected chi connectivity index (χ3v) is 7.97. The summed E-state index contributed by atoms with van der Waals surface area (Å²) in [7, 11) is -3.81. The van der Waals surface area contributed by atoms with Gasteiger partial charge in [0.15, 0.2) is 5.11 Å². The molecular formula is C25H26FN3O2S2. The van der Waals surface area contributed by atoms with Crippen molar-refractivity contribution >= 4 is 44.4 Å². The van der Waals surface area contributed by atoms with Gasteiger partial charge in [-0.25, -0.2) is 12.8 Å². The van der Waals surface area contributed by atoms with E-state index >= 15 is 0 Å². The van der Waals surface area contributed by atoms with E-state index in [1.54, 1.807) is 30.3 Å². The average molecular weight is 484 g/mol. The van der Waals surface area contributed by atoms with Gasteiger partial charge in [-0.3, -0.25) is 4.31 Å². The molecule has 0 aliphatic carbocycles. The summed E-state index contributed by atoms with van der Waals surface area (Å²) in [6.07, 6.45) is 1.28. The van der Waals surface area contributed by atoms with E-state index in [0.29, 0.717) is 34.9 Å². The van der Waals surface area contributed by atoms with Gasteiger partial charge in [-0.1, -0.05) is 12.1 Å². The van der Waals surface area contributed by atoms with Crippen LogP contribution >= 0.6 is 12.2 Å². The van der Waals surface area contributed by atoms with Crippen LogP contribution in [0.5, 0.6) is 0 Å². The van der Waals surface area contributed by atoms with Crippen LogP contribution in [0.3, 0.4) is 0 Å². The lowest BCUT2D eigenvalue weighted by atomic mass is 9.99. The number of hydrogen-bond acceptors (Lipinski definition) is 3. The maximum absolute atomic E-state index is 13.7. The van der Waals surface area contributed by atoms with E-state index in [4.69, 9.17) is 12.2 Å². The lowest BCUT2D eigenvalue weighted by molar-refractivity contribution is 0.560. The maximum atomic E-state index is 13.7. The highest BCUT2D eigenvalue weighted by molar-refractivity contribution is 7.92. The summed E-state index contributed by atoms with van der Waals surface area (Å²) in [5, 5.41) is 6.69. The second kappa shape index (κ2) is 9.11. The van der Waals surface area contributed by atoms with Crippen LogP contribution in [-0.2, 0) is 16.4 Å². The van der Waals surface area contributed by atoms with Crippen molar-refractivity contribution in [3.63, 3.8) is 0 Å². The van der Waals surface area contributed by atoms with Crippen molar-refractivity contribution < 1.29 is 12.8 Å². The van der Waals surface area contributed by atoms with Crippen molar-refractivity contribution in [2.75, 3.05) is 14.9 Å². The Labute approximate surface area is 199 Å². The zero-order valence-corrected chi connectivity index (χ0v) is 20.4. The predicted octanol–water partition coefficient (Wildman–Crippen LogP) is 5.78. The lowest BCUT2D eigenvalue weighted by Gasteiger charge is -2.36. The summed E-state index contributed by atoms with van der Waals surface area (Å²) in [5.41, 5.74) is 5.03. The predicted molar refractivity (Wildman–Crippen MR) is 136 cm³/mol. The second-order valence-corrected chi connectivity index (χ2v) is 10.6. The number of fused-ring (bicyclic) bond motifs is 1. The standard InChI is InChI=1S/C25H26FN3O2S2/c1-16-4-5-17(2)23(14-16)28-25(32)27-21-9-11-22(12-10-21)33(30,31)29-18(3)6-7-19-15-20(26)8-13-24(19)29/h4-5,8-15,18H,6-7H2,1-3H3,(H2,27,28,32). The molecule has 0 aromatic heterocycles. The molecule has 4 rings (SSSR count). The number of nitrogens with zero attached hydrogens (tertiary/aromatic N) is 1. The molecule has 0 radical (unpaired) electrons. The molecule has 33 heavy (non-hydrogen) atoms. The van der Waals surface area contributed by atoms with Crippen LogP contribution in [0, 0.1) is 19.7 Å². The Morgan fingerprint density at radius 2 is 1.76 bits per heavy atom. The number of sulfonamides is 1. The minimum absolute atomic E-state index is 0.172. The Hall–Kier alpha value is -2.97. The lowest BCUT2D eigenvalue weighted by Crippen LogP contribution is -2.42. The summed E-state index contributed by atoms with van der Waals surface area (Å²) in [6, 6.07) is 16.6. The quantitative estimate of drug-likeness (QED) is 0.461. The molecule has 1 aliphatic rings. The van der Waals surface area contributed by atoms with Gasteiger partial charge < -0.3 is 10.6 Å². The van der Waals surface area contributed by atoms with Gasteiger partial charge in [-0.15, -0.1) is 0 Å². The number of hydrogen-bond donors (Lipinski definition) is 2. The smallest absolute Gasteiger partial charge is 0.264 e. The van der Waals surface area contributed by atoms with Crippen molar-refractivity contribution in [3.8, 4) is 0 Å². The Kier molecular flexibility index (Phi) is 6.41. The number of aryl methyl sites for hydroxylation is 3. The SMILES string of the molecule is Cc1ccc(C)c(NC(=S)Nc2ccc(S(=O)(=O)N3c4ccc(F)cc4CCC3C)cc2)c1. The highest BCUT2D eigenvalue weighted by atomic mass is 32.2.